The number of aromatic nitrogens is 2. The Morgan fingerprint density at radius 3 is 2.77 bits per heavy atom. The standard InChI is InChI=1S/C23H27N3O4S/c1-15-12-20(26(2)25-15)24-21(27)13-29-23(28)22-18(14-31-16-8-4-3-5-9-16)17-10-6-7-11-19(17)30-22/h6-7,10-12,16H,3-5,8-9,13-14H2,1-2H3,(H,24,27). The Balaban J connectivity index is 1.44. The van der Waals surface area contributed by atoms with Crippen molar-refractivity contribution >= 4 is 40.4 Å². The molecule has 1 aliphatic carbocycles. The lowest BCUT2D eigenvalue weighted by molar-refractivity contribution is -0.119. The molecule has 1 N–H and O–H groups in total. The molecule has 1 aliphatic rings. The van der Waals surface area contributed by atoms with Crippen LogP contribution in [0.25, 0.3) is 11.0 Å². The molecule has 2 aromatic heterocycles. The lowest BCUT2D eigenvalue weighted by Gasteiger charge is -2.20. The summed E-state index contributed by atoms with van der Waals surface area (Å²) in [6.07, 6.45) is 6.28. The number of hydrogen-bond donors (Lipinski definition) is 1. The molecule has 1 saturated carbocycles. The molecule has 3 aromatic rings. The van der Waals surface area contributed by atoms with Gasteiger partial charge in [-0.1, -0.05) is 37.5 Å². The van der Waals surface area contributed by atoms with Crippen LogP contribution in [0.1, 0.15) is 53.9 Å². The second-order valence-electron chi connectivity index (χ2n) is 7.90. The Labute approximate surface area is 185 Å². The zero-order valence-electron chi connectivity index (χ0n) is 17.8. The van der Waals surface area contributed by atoms with Gasteiger partial charge in [-0.2, -0.15) is 16.9 Å². The third kappa shape index (κ3) is 5.12. The monoisotopic (exact) mass is 441 g/mol. The number of aryl methyl sites for hydroxylation is 2. The SMILES string of the molecule is Cc1cc(NC(=O)COC(=O)c2oc3ccccc3c2CSC2CCCCC2)n(C)n1. The third-order valence-electron chi connectivity index (χ3n) is 5.50. The summed E-state index contributed by atoms with van der Waals surface area (Å²) < 4.78 is 12.7. The lowest BCUT2D eigenvalue weighted by atomic mass is 10.0. The number of furan rings is 1. The minimum atomic E-state index is -0.619. The summed E-state index contributed by atoms with van der Waals surface area (Å²) in [4.78, 5) is 25.0. The highest BCUT2D eigenvalue weighted by molar-refractivity contribution is 7.99. The molecule has 2 heterocycles. The van der Waals surface area contributed by atoms with Crippen LogP contribution >= 0.6 is 11.8 Å². The van der Waals surface area contributed by atoms with E-state index in [0.29, 0.717) is 22.4 Å². The van der Waals surface area contributed by atoms with Gasteiger partial charge in [-0.15, -0.1) is 0 Å². The molecule has 0 atom stereocenters. The average Bonchev–Trinajstić information content (AvgIpc) is 3.30. The first kappa shape index (κ1) is 21.5. The first-order chi connectivity index (χ1) is 15.0. The molecule has 0 radical (unpaired) electrons. The summed E-state index contributed by atoms with van der Waals surface area (Å²) >= 11 is 1.87. The number of carbonyl (C=O) groups is 2. The predicted molar refractivity (Wildman–Crippen MR) is 121 cm³/mol. The Bertz CT molecular complexity index is 1080. The van der Waals surface area contributed by atoms with E-state index in [2.05, 4.69) is 10.4 Å². The van der Waals surface area contributed by atoms with E-state index in [9.17, 15) is 9.59 Å². The molecule has 1 fully saturated rings. The molecule has 0 unspecified atom stereocenters. The van der Waals surface area contributed by atoms with Gasteiger partial charge in [0.1, 0.15) is 11.4 Å². The van der Waals surface area contributed by atoms with Gasteiger partial charge in [0.25, 0.3) is 5.91 Å². The fraction of sp³-hybridized carbons (Fsp3) is 0.435. The van der Waals surface area contributed by atoms with Crippen molar-refractivity contribution in [3.63, 3.8) is 0 Å². The number of esters is 1. The van der Waals surface area contributed by atoms with Crippen LogP contribution in [-0.4, -0.2) is 33.5 Å². The Morgan fingerprint density at radius 1 is 1.26 bits per heavy atom. The number of benzene rings is 1. The number of nitrogens with one attached hydrogen (secondary N) is 1. The van der Waals surface area contributed by atoms with Crippen molar-refractivity contribution in [2.45, 2.75) is 50.0 Å². The van der Waals surface area contributed by atoms with Crippen molar-refractivity contribution in [2.75, 3.05) is 11.9 Å². The first-order valence-electron chi connectivity index (χ1n) is 10.6. The quantitative estimate of drug-likeness (QED) is 0.528. The number of amides is 1. The highest BCUT2D eigenvalue weighted by atomic mass is 32.2. The van der Waals surface area contributed by atoms with Crippen LogP contribution in [0.15, 0.2) is 34.7 Å². The molecule has 164 valence electrons. The van der Waals surface area contributed by atoms with E-state index in [0.717, 1.165) is 16.6 Å². The fourth-order valence-electron chi connectivity index (χ4n) is 3.94. The van der Waals surface area contributed by atoms with Crippen LogP contribution in [0.4, 0.5) is 5.82 Å². The normalized spacial score (nSPS) is 14.6. The maximum atomic E-state index is 12.8. The number of rotatable bonds is 7. The van der Waals surface area contributed by atoms with E-state index in [4.69, 9.17) is 9.15 Å². The van der Waals surface area contributed by atoms with E-state index >= 15 is 0 Å². The van der Waals surface area contributed by atoms with Crippen molar-refractivity contribution in [3.8, 4) is 0 Å². The predicted octanol–water partition coefficient (Wildman–Crippen LogP) is 4.84. The largest absolute Gasteiger partial charge is 0.450 e. The van der Waals surface area contributed by atoms with E-state index in [1.54, 1.807) is 17.8 Å². The minimum Gasteiger partial charge on any atom is -0.450 e. The van der Waals surface area contributed by atoms with Crippen molar-refractivity contribution in [1.82, 2.24) is 9.78 Å². The molecule has 31 heavy (non-hydrogen) atoms. The zero-order valence-corrected chi connectivity index (χ0v) is 18.7. The van der Waals surface area contributed by atoms with Gasteiger partial charge in [0.15, 0.2) is 6.61 Å². The number of para-hydroxylation sites is 1. The van der Waals surface area contributed by atoms with Gasteiger partial charge in [-0.3, -0.25) is 9.48 Å². The maximum Gasteiger partial charge on any atom is 0.375 e. The Kier molecular flexibility index (Phi) is 6.65. The topological polar surface area (TPSA) is 86.4 Å². The molecule has 1 amide bonds. The minimum absolute atomic E-state index is 0.189. The van der Waals surface area contributed by atoms with Crippen molar-refractivity contribution in [3.05, 3.63) is 47.3 Å². The summed E-state index contributed by atoms with van der Waals surface area (Å²) in [6, 6.07) is 9.37. The van der Waals surface area contributed by atoms with Crippen molar-refractivity contribution < 1.29 is 18.7 Å². The number of carbonyl (C=O) groups excluding carboxylic acids is 2. The van der Waals surface area contributed by atoms with E-state index in [1.165, 1.54) is 32.1 Å². The molecular weight excluding hydrogens is 414 g/mol. The van der Waals surface area contributed by atoms with Gasteiger partial charge in [-0.25, -0.2) is 4.79 Å². The summed E-state index contributed by atoms with van der Waals surface area (Å²) in [5.74, 6) is 0.380. The molecule has 0 bridgehead atoms. The number of thioether (sulfide) groups is 1. The van der Waals surface area contributed by atoms with Crippen LogP contribution in [0.5, 0.6) is 0 Å². The number of hydrogen-bond acceptors (Lipinski definition) is 6. The van der Waals surface area contributed by atoms with Crippen molar-refractivity contribution in [1.29, 1.82) is 0 Å². The molecule has 0 aliphatic heterocycles. The number of nitrogens with zero attached hydrogens (tertiary/aromatic N) is 2. The van der Waals surface area contributed by atoms with Gasteiger partial charge in [0.2, 0.25) is 5.76 Å². The van der Waals surface area contributed by atoms with Crippen molar-refractivity contribution in [2.24, 2.45) is 7.05 Å². The zero-order chi connectivity index (χ0) is 21.8. The van der Waals surface area contributed by atoms with Gasteiger partial charge in [0.05, 0.1) is 5.69 Å². The molecular formula is C23H27N3O4S. The summed E-state index contributed by atoms with van der Waals surface area (Å²) in [6.45, 7) is 1.44. The molecule has 0 saturated heterocycles. The van der Waals surface area contributed by atoms with E-state index in [-0.39, 0.29) is 5.76 Å². The highest BCUT2D eigenvalue weighted by Crippen LogP contribution is 2.35. The van der Waals surface area contributed by atoms with Gasteiger partial charge in [-0.05, 0) is 25.8 Å². The summed E-state index contributed by atoms with van der Waals surface area (Å²) in [5.41, 5.74) is 2.29. The van der Waals surface area contributed by atoms with Crippen LogP contribution in [0, 0.1) is 6.92 Å². The maximum absolute atomic E-state index is 12.8. The first-order valence-corrected chi connectivity index (χ1v) is 11.7. The molecule has 7 nitrogen and oxygen atoms in total. The van der Waals surface area contributed by atoms with Crippen LogP contribution in [0.2, 0.25) is 0 Å². The Hall–Kier alpha value is -2.74. The van der Waals surface area contributed by atoms with Crippen LogP contribution < -0.4 is 5.32 Å². The molecule has 1 aromatic carbocycles. The summed E-state index contributed by atoms with van der Waals surface area (Å²) in [5, 5.41) is 8.41. The average molecular weight is 442 g/mol. The third-order valence-corrected chi connectivity index (χ3v) is 6.90. The van der Waals surface area contributed by atoms with E-state index < -0.39 is 18.5 Å². The second-order valence-corrected chi connectivity index (χ2v) is 9.18. The number of anilines is 1. The smallest absolute Gasteiger partial charge is 0.375 e. The lowest BCUT2D eigenvalue weighted by Crippen LogP contribution is -2.22. The van der Waals surface area contributed by atoms with Crippen LogP contribution in [-0.2, 0) is 22.3 Å². The Morgan fingerprint density at radius 2 is 2.03 bits per heavy atom. The number of fused-ring (bicyclic) bond motifs is 1. The fourth-order valence-corrected chi connectivity index (χ4v) is 5.30. The molecule has 4 rings (SSSR count). The highest BCUT2D eigenvalue weighted by Gasteiger charge is 2.24. The van der Waals surface area contributed by atoms with Gasteiger partial charge < -0.3 is 14.5 Å². The number of ether oxygens (including phenoxy) is 1. The van der Waals surface area contributed by atoms with Gasteiger partial charge >= 0.3 is 5.97 Å². The van der Waals surface area contributed by atoms with Crippen LogP contribution in [0.3, 0.4) is 0 Å². The molecule has 0 spiro atoms. The van der Waals surface area contributed by atoms with Gasteiger partial charge in [0, 0.05) is 35.1 Å². The molecule has 8 heteroatoms. The summed E-state index contributed by atoms with van der Waals surface area (Å²) in [7, 11) is 1.74. The second kappa shape index (κ2) is 9.60. The van der Waals surface area contributed by atoms with E-state index in [1.807, 2.05) is 43.0 Å².